The molecule has 80 valence electrons. The number of carbonyl (C=O) groups is 2. The predicted molar refractivity (Wildman–Crippen MR) is 56.9 cm³/mol. The van der Waals surface area contributed by atoms with Crippen molar-refractivity contribution in [1.29, 1.82) is 0 Å². The molecule has 1 aliphatic heterocycles. The van der Waals surface area contributed by atoms with Crippen molar-refractivity contribution >= 4 is 27.7 Å². The minimum Gasteiger partial charge on any atom is -0.369 e. The number of rotatable bonds is 3. The molecule has 0 saturated carbocycles. The number of likely N-dealkylation sites (tertiary alicyclic amines) is 1. The summed E-state index contributed by atoms with van der Waals surface area (Å²) in [4.78, 5) is 24.1. The van der Waals surface area contributed by atoms with Gasteiger partial charge in [0, 0.05) is 13.1 Å². The summed E-state index contributed by atoms with van der Waals surface area (Å²) in [6.45, 7) is 3.07. The van der Waals surface area contributed by atoms with Crippen LogP contribution in [0.3, 0.4) is 0 Å². The molecule has 1 rings (SSSR count). The van der Waals surface area contributed by atoms with Gasteiger partial charge in [-0.25, -0.2) is 0 Å². The number of nitrogens with zero attached hydrogens (tertiary/aromatic N) is 1. The highest BCUT2D eigenvalue weighted by Crippen LogP contribution is 2.19. The molecule has 0 aliphatic carbocycles. The molecule has 2 unspecified atom stereocenters. The average Bonchev–Trinajstić information content (AvgIpc) is 2.64. The summed E-state index contributed by atoms with van der Waals surface area (Å²) < 4.78 is 0. The van der Waals surface area contributed by atoms with Crippen LogP contribution in [0, 0.1) is 5.92 Å². The minimum atomic E-state index is -0.303. The molecule has 4 nitrogen and oxygen atoms in total. The van der Waals surface area contributed by atoms with E-state index in [9.17, 15) is 9.59 Å². The lowest BCUT2D eigenvalue weighted by Crippen LogP contribution is -2.36. The highest BCUT2D eigenvalue weighted by molar-refractivity contribution is 9.10. The summed E-state index contributed by atoms with van der Waals surface area (Å²) >= 11 is 3.30. The summed E-state index contributed by atoms with van der Waals surface area (Å²) in [5, 5.41) is 0. The lowest BCUT2D eigenvalue weighted by atomic mass is 10.1. The maximum absolute atomic E-state index is 11.7. The quantitative estimate of drug-likeness (QED) is 0.753. The Balaban J connectivity index is 2.49. The van der Waals surface area contributed by atoms with Crippen molar-refractivity contribution in [3.63, 3.8) is 0 Å². The fourth-order valence-electron chi connectivity index (χ4n) is 1.57. The number of carbonyl (C=O) groups excluding carboxylic acids is 2. The second kappa shape index (κ2) is 4.77. The van der Waals surface area contributed by atoms with Gasteiger partial charge < -0.3 is 10.6 Å². The summed E-state index contributed by atoms with van der Waals surface area (Å²) in [7, 11) is 0. The first-order valence-electron chi connectivity index (χ1n) is 4.78. The molecule has 1 saturated heterocycles. The van der Waals surface area contributed by atoms with Gasteiger partial charge in [-0.05, 0) is 12.8 Å². The highest BCUT2D eigenvalue weighted by atomic mass is 79.9. The van der Waals surface area contributed by atoms with Gasteiger partial charge in [0.25, 0.3) is 0 Å². The third-order valence-corrected chi connectivity index (χ3v) is 3.57. The van der Waals surface area contributed by atoms with Gasteiger partial charge in [-0.3, -0.25) is 9.59 Å². The van der Waals surface area contributed by atoms with Crippen LogP contribution >= 0.6 is 15.9 Å². The van der Waals surface area contributed by atoms with Crippen LogP contribution in [-0.4, -0.2) is 34.6 Å². The number of amides is 2. The van der Waals surface area contributed by atoms with E-state index in [1.54, 1.807) is 4.90 Å². The Bertz CT molecular complexity index is 245. The molecule has 0 bridgehead atoms. The second-order valence-corrected chi connectivity index (χ2v) is 4.65. The van der Waals surface area contributed by atoms with E-state index in [4.69, 9.17) is 5.73 Å². The number of primary amides is 1. The SMILES string of the molecule is CCC(Br)C(=O)N1CCC(C(N)=O)C1. The molecule has 1 heterocycles. The molecule has 0 radical (unpaired) electrons. The zero-order chi connectivity index (χ0) is 10.7. The molecule has 2 N–H and O–H groups in total. The van der Waals surface area contributed by atoms with Crippen molar-refractivity contribution in [1.82, 2.24) is 4.90 Å². The molecule has 2 amide bonds. The van der Waals surface area contributed by atoms with Gasteiger partial charge in [-0.1, -0.05) is 22.9 Å². The summed E-state index contributed by atoms with van der Waals surface area (Å²) in [6.07, 6.45) is 1.46. The van der Waals surface area contributed by atoms with Gasteiger partial charge in [0.1, 0.15) is 0 Å². The van der Waals surface area contributed by atoms with Crippen molar-refractivity contribution in [3.8, 4) is 0 Å². The zero-order valence-corrected chi connectivity index (χ0v) is 9.79. The molecular formula is C9H15BrN2O2. The third-order valence-electron chi connectivity index (χ3n) is 2.53. The number of hydrogen-bond acceptors (Lipinski definition) is 2. The van der Waals surface area contributed by atoms with Crippen molar-refractivity contribution in [2.24, 2.45) is 11.7 Å². The molecule has 0 aromatic heterocycles. The van der Waals surface area contributed by atoms with E-state index in [0.717, 1.165) is 6.42 Å². The molecule has 0 aromatic rings. The van der Waals surface area contributed by atoms with E-state index in [2.05, 4.69) is 15.9 Å². The lowest BCUT2D eigenvalue weighted by molar-refractivity contribution is -0.129. The molecular weight excluding hydrogens is 248 g/mol. The Morgan fingerprint density at radius 1 is 1.64 bits per heavy atom. The maximum atomic E-state index is 11.7. The molecule has 14 heavy (non-hydrogen) atoms. The molecule has 0 aromatic carbocycles. The van der Waals surface area contributed by atoms with Crippen molar-refractivity contribution in [3.05, 3.63) is 0 Å². The topological polar surface area (TPSA) is 63.4 Å². The van der Waals surface area contributed by atoms with Crippen molar-refractivity contribution < 1.29 is 9.59 Å². The fraction of sp³-hybridized carbons (Fsp3) is 0.778. The maximum Gasteiger partial charge on any atom is 0.236 e. The highest BCUT2D eigenvalue weighted by Gasteiger charge is 2.31. The van der Waals surface area contributed by atoms with E-state index in [0.29, 0.717) is 19.5 Å². The molecule has 1 fully saturated rings. The van der Waals surface area contributed by atoms with Gasteiger partial charge in [0.15, 0.2) is 0 Å². The Kier molecular flexibility index (Phi) is 3.92. The lowest BCUT2D eigenvalue weighted by Gasteiger charge is -2.18. The first-order chi connectivity index (χ1) is 6.56. The summed E-state index contributed by atoms with van der Waals surface area (Å²) in [6, 6.07) is 0. The van der Waals surface area contributed by atoms with Gasteiger partial charge in [-0.2, -0.15) is 0 Å². The normalized spacial score (nSPS) is 23.6. The van der Waals surface area contributed by atoms with Crippen LogP contribution in [0.15, 0.2) is 0 Å². The molecule has 2 atom stereocenters. The van der Waals surface area contributed by atoms with Gasteiger partial charge >= 0.3 is 0 Å². The van der Waals surface area contributed by atoms with Crippen molar-refractivity contribution in [2.75, 3.05) is 13.1 Å². The Hall–Kier alpha value is -0.580. The Labute approximate surface area is 91.9 Å². The van der Waals surface area contributed by atoms with E-state index in [-0.39, 0.29) is 22.6 Å². The Morgan fingerprint density at radius 3 is 2.71 bits per heavy atom. The number of alkyl halides is 1. The Morgan fingerprint density at radius 2 is 2.29 bits per heavy atom. The largest absolute Gasteiger partial charge is 0.369 e. The number of nitrogens with two attached hydrogens (primary N) is 1. The second-order valence-electron chi connectivity index (χ2n) is 3.55. The van der Waals surface area contributed by atoms with E-state index >= 15 is 0 Å². The standard InChI is InChI=1S/C9H15BrN2O2/c1-2-7(10)9(14)12-4-3-6(5-12)8(11)13/h6-7H,2-5H2,1H3,(H2,11,13). The van der Waals surface area contributed by atoms with Crippen LogP contribution in [0.25, 0.3) is 0 Å². The minimum absolute atomic E-state index is 0.0660. The van der Waals surface area contributed by atoms with Crippen LogP contribution in [0.2, 0.25) is 0 Å². The summed E-state index contributed by atoms with van der Waals surface area (Å²) in [5.41, 5.74) is 5.18. The van der Waals surface area contributed by atoms with Gasteiger partial charge in [0.2, 0.25) is 11.8 Å². The fourth-order valence-corrected chi connectivity index (χ4v) is 1.85. The van der Waals surface area contributed by atoms with Crippen LogP contribution in [-0.2, 0) is 9.59 Å². The van der Waals surface area contributed by atoms with E-state index in [1.807, 2.05) is 6.92 Å². The van der Waals surface area contributed by atoms with Crippen LogP contribution in [0.5, 0.6) is 0 Å². The van der Waals surface area contributed by atoms with Crippen LogP contribution in [0.1, 0.15) is 19.8 Å². The smallest absolute Gasteiger partial charge is 0.236 e. The van der Waals surface area contributed by atoms with Gasteiger partial charge in [-0.15, -0.1) is 0 Å². The first-order valence-corrected chi connectivity index (χ1v) is 5.70. The van der Waals surface area contributed by atoms with Crippen LogP contribution < -0.4 is 5.73 Å². The predicted octanol–water partition coefficient (Wildman–Crippen LogP) is 0.494. The molecule has 5 heteroatoms. The van der Waals surface area contributed by atoms with E-state index < -0.39 is 0 Å². The third kappa shape index (κ3) is 2.47. The average molecular weight is 263 g/mol. The monoisotopic (exact) mass is 262 g/mol. The molecule has 0 spiro atoms. The summed E-state index contributed by atoms with van der Waals surface area (Å²) in [5.74, 6) is -0.394. The van der Waals surface area contributed by atoms with E-state index in [1.165, 1.54) is 0 Å². The number of hydrogen-bond donors (Lipinski definition) is 1. The first kappa shape index (κ1) is 11.5. The van der Waals surface area contributed by atoms with Crippen molar-refractivity contribution in [2.45, 2.75) is 24.6 Å². The molecule has 1 aliphatic rings. The number of halogens is 1. The van der Waals surface area contributed by atoms with Gasteiger partial charge in [0.05, 0.1) is 10.7 Å². The zero-order valence-electron chi connectivity index (χ0n) is 8.20. The van der Waals surface area contributed by atoms with Crippen LogP contribution in [0.4, 0.5) is 0 Å².